The van der Waals surface area contributed by atoms with Crippen molar-refractivity contribution in [1.82, 2.24) is 15.0 Å². The number of nitrogens with zero attached hydrogens (tertiary/aromatic N) is 3. The zero-order chi connectivity index (χ0) is 11.8. The van der Waals surface area contributed by atoms with Crippen molar-refractivity contribution in [3.8, 4) is 0 Å². The monoisotopic (exact) mass is 264 g/mol. The van der Waals surface area contributed by atoms with E-state index in [0.717, 1.165) is 15.2 Å². The molecule has 0 fully saturated rings. The molecule has 3 aromatic rings. The van der Waals surface area contributed by atoms with Gasteiger partial charge in [0.25, 0.3) is 5.22 Å². The molecule has 0 unspecified atom stereocenters. The highest BCUT2D eigenvalue weighted by atomic mass is 32.2. The number of nitrogen functional groups attached to an aromatic ring is 1. The average molecular weight is 264 g/mol. The first-order chi connectivity index (χ1) is 8.22. The number of oxazole rings is 1. The van der Waals surface area contributed by atoms with E-state index in [1.165, 1.54) is 22.9 Å². The van der Waals surface area contributed by atoms with Crippen LogP contribution in [0.5, 0.6) is 0 Å². The van der Waals surface area contributed by atoms with E-state index in [2.05, 4.69) is 15.0 Å². The van der Waals surface area contributed by atoms with E-state index in [4.69, 9.17) is 10.2 Å². The fraction of sp³-hybridized carbons (Fsp3) is 0.100. The van der Waals surface area contributed by atoms with E-state index in [1.807, 2.05) is 13.0 Å². The van der Waals surface area contributed by atoms with E-state index in [-0.39, 0.29) is 5.95 Å². The first-order valence-electron chi connectivity index (χ1n) is 4.83. The number of anilines is 1. The van der Waals surface area contributed by atoms with Gasteiger partial charge in [-0.15, -0.1) is 11.3 Å². The van der Waals surface area contributed by atoms with Crippen LogP contribution in [-0.2, 0) is 0 Å². The molecule has 0 aliphatic rings. The number of aryl methyl sites for hydroxylation is 1. The first-order valence-corrected chi connectivity index (χ1v) is 6.46. The lowest BCUT2D eigenvalue weighted by Crippen LogP contribution is -1.95. The number of nitrogens with two attached hydrogens (primary N) is 1. The molecule has 7 heteroatoms. The predicted molar refractivity (Wildman–Crippen MR) is 67.2 cm³/mol. The Morgan fingerprint density at radius 2 is 2.29 bits per heavy atom. The third-order valence-corrected chi connectivity index (χ3v) is 3.92. The maximum atomic E-state index is 5.68. The minimum absolute atomic E-state index is 0.272. The van der Waals surface area contributed by atoms with Crippen LogP contribution < -0.4 is 5.73 Å². The van der Waals surface area contributed by atoms with E-state index in [0.29, 0.717) is 5.22 Å². The molecule has 5 nitrogen and oxygen atoms in total. The highest BCUT2D eigenvalue weighted by Gasteiger charge is 2.12. The smallest absolute Gasteiger partial charge is 0.261 e. The third kappa shape index (κ3) is 1.98. The minimum Gasteiger partial charge on any atom is -0.440 e. The van der Waals surface area contributed by atoms with Crippen molar-refractivity contribution in [2.75, 3.05) is 5.73 Å². The second-order valence-electron chi connectivity index (χ2n) is 3.36. The average Bonchev–Trinajstić information content (AvgIpc) is 2.86. The second kappa shape index (κ2) is 4.01. The molecule has 2 N–H and O–H groups in total. The standard InChI is InChI=1S/C10H8N4OS2/c1-5-4-6-7(16-5)13-9(11)14-8(6)17-10-12-2-3-15-10/h2-4H,1H3,(H2,11,13,14). The zero-order valence-corrected chi connectivity index (χ0v) is 10.5. The fourth-order valence-corrected chi connectivity index (χ4v) is 3.19. The van der Waals surface area contributed by atoms with E-state index in [9.17, 15) is 0 Å². The highest BCUT2D eigenvalue weighted by molar-refractivity contribution is 7.99. The van der Waals surface area contributed by atoms with Gasteiger partial charge in [-0.25, -0.2) is 15.0 Å². The van der Waals surface area contributed by atoms with Gasteiger partial charge in [-0.2, -0.15) is 0 Å². The van der Waals surface area contributed by atoms with Crippen LogP contribution in [-0.4, -0.2) is 15.0 Å². The van der Waals surface area contributed by atoms with Gasteiger partial charge in [-0.3, -0.25) is 0 Å². The van der Waals surface area contributed by atoms with Gasteiger partial charge in [0, 0.05) is 10.3 Å². The normalized spacial score (nSPS) is 11.1. The number of thiophene rings is 1. The molecule has 0 bridgehead atoms. The van der Waals surface area contributed by atoms with Gasteiger partial charge >= 0.3 is 0 Å². The molecule has 0 saturated heterocycles. The molecule has 3 heterocycles. The van der Waals surface area contributed by atoms with Crippen LogP contribution in [0.1, 0.15) is 4.88 Å². The minimum atomic E-state index is 0.272. The Balaban J connectivity index is 2.14. The molecular formula is C10H8N4OS2. The van der Waals surface area contributed by atoms with Crippen molar-refractivity contribution in [1.29, 1.82) is 0 Å². The molecule has 0 amide bonds. The quantitative estimate of drug-likeness (QED) is 0.717. The van der Waals surface area contributed by atoms with Crippen LogP contribution in [0, 0.1) is 6.92 Å². The lowest BCUT2D eigenvalue weighted by molar-refractivity contribution is 0.454. The summed E-state index contributed by atoms with van der Waals surface area (Å²) >= 11 is 2.95. The topological polar surface area (TPSA) is 77.8 Å². The van der Waals surface area contributed by atoms with Crippen molar-refractivity contribution in [2.45, 2.75) is 17.2 Å². The van der Waals surface area contributed by atoms with Gasteiger partial charge in [0.05, 0.1) is 6.20 Å². The number of rotatable bonds is 2. The van der Waals surface area contributed by atoms with Gasteiger partial charge in [-0.1, -0.05) is 0 Å². The predicted octanol–water partition coefficient (Wildman–Crippen LogP) is 2.72. The van der Waals surface area contributed by atoms with Crippen molar-refractivity contribution < 1.29 is 4.42 Å². The van der Waals surface area contributed by atoms with Gasteiger partial charge in [0.1, 0.15) is 16.1 Å². The molecule has 0 spiro atoms. The molecule has 17 heavy (non-hydrogen) atoms. The molecule has 0 aliphatic heterocycles. The summed E-state index contributed by atoms with van der Waals surface area (Å²) in [6, 6.07) is 2.05. The van der Waals surface area contributed by atoms with Crippen LogP contribution in [0.2, 0.25) is 0 Å². The van der Waals surface area contributed by atoms with Crippen LogP contribution in [0.4, 0.5) is 5.95 Å². The largest absolute Gasteiger partial charge is 0.440 e. The molecule has 86 valence electrons. The summed E-state index contributed by atoms with van der Waals surface area (Å²) in [6.45, 7) is 2.03. The lowest BCUT2D eigenvalue weighted by atomic mass is 10.4. The van der Waals surface area contributed by atoms with Crippen molar-refractivity contribution in [2.24, 2.45) is 0 Å². The van der Waals surface area contributed by atoms with Crippen LogP contribution >= 0.6 is 23.1 Å². The van der Waals surface area contributed by atoms with Gasteiger partial charge in [-0.05, 0) is 24.8 Å². The summed E-state index contributed by atoms with van der Waals surface area (Å²) in [6.07, 6.45) is 3.13. The van der Waals surface area contributed by atoms with E-state index < -0.39 is 0 Å². The maximum Gasteiger partial charge on any atom is 0.261 e. The van der Waals surface area contributed by atoms with Gasteiger partial charge in [0.15, 0.2) is 0 Å². The Morgan fingerprint density at radius 3 is 3.06 bits per heavy atom. The number of aromatic nitrogens is 3. The summed E-state index contributed by atoms with van der Waals surface area (Å²) in [5.41, 5.74) is 5.68. The second-order valence-corrected chi connectivity index (χ2v) is 5.54. The molecule has 0 aliphatic carbocycles. The summed E-state index contributed by atoms with van der Waals surface area (Å²) in [5.74, 6) is 0.272. The molecular weight excluding hydrogens is 256 g/mol. The van der Waals surface area contributed by atoms with E-state index >= 15 is 0 Å². The van der Waals surface area contributed by atoms with Crippen LogP contribution in [0.25, 0.3) is 10.2 Å². The van der Waals surface area contributed by atoms with Gasteiger partial charge in [0.2, 0.25) is 5.95 Å². The third-order valence-electron chi connectivity index (χ3n) is 2.09. The molecule has 0 atom stereocenters. The number of fused-ring (bicyclic) bond motifs is 1. The fourth-order valence-electron chi connectivity index (χ4n) is 1.45. The molecule has 3 aromatic heterocycles. The Labute approximate surface area is 105 Å². The van der Waals surface area contributed by atoms with E-state index in [1.54, 1.807) is 17.5 Å². The number of hydrogen-bond acceptors (Lipinski definition) is 7. The molecule has 0 radical (unpaired) electrons. The number of hydrogen-bond donors (Lipinski definition) is 1. The molecule has 3 rings (SSSR count). The summed E-state index contributed by atoms with van der Waals surface area (Å²) in [4.78, 5) is 14.6. The Morgan fingerprint density at radius 1 is 1.41 bits per heavy atom. The SMILES string of the molecule is Cc1cc2c(Sc3ncco3)nc(N)nc2s1. The first kappa shape index (κ1) is 10.5. The summed E-state index contributed by atoms with van der Waals surface area (Å²) in [7, 11) is 0. The van der Waals surface area contributed by atoms with Crippen molar-refractivity contribution in [3.05, 3.63) is 23.4 Å². The Hall–Kier alpha value is -1.60. The Bertz CT molecular complexity index is 662. The molecule has 0 aromatic carbocycles. The maximum absolute atomic E-state index is 5.68. The molecule has 0 saturated carbocycles. The summed E-state index contributed by atoms with van der Waals surface area (Å²) < 4.78 is 5.19. The highest BCUT2D eigenvalue weighted by Crippen LogP contribution is 2.34. The van der Waals surface area contributed by atoms with Gasteiger partial charge < -0.3 is 10.2 Å². The lowest BCUT2D eigenvalue weighted by Gasteiger charge is -1.99. The van der Waals surface area contributed by atoms with Crippen LogP contribution in [0.3, 0.4) is 0 Å². The Kier molecular flexibility index (Phi) is 2.49. The summed E-state index contributed by atoms with van der Waals surface area (Å²) in [5, 5.41) is 2.32. The van der Waals surface area contributed by atoms with Crippen LogP contribution in [0.15, 0.2) is 33.2 Å². The van der Waals surface area contributed by atoms with Crippen molar-refractivity contribution in [3.63, 3.8) is 0 Å². The van der Waals surface area contributed by atoms with Crippen molar-refractivity contribution >= 4 is 39.3 Å². The zero-order valence-electron chi connectivity index (χ0n) is 8.88.